The number of nitrogens with one attached hydrogen (secondary N) is 2. The average molecular weight is 298 g/mol. The van der Waals surface area contributed by atoms with Crippen LogP contribution in [0.4, 0.5) is 11.6 Å². The number of benzene rings is 1. The van der Waals surface area contributed by atoms with Crippen LogP contribution >= 0.6 is 0 Å². The first kappa shape index (κ1) is 15.6. The van der Waals surface area contributed by atoms with Gasteiger partial charge in [0.05, 0.1) is 6.42 Å². The monoisotopic (exact) mass is 298 g/mol. The van der Waals surface area contributed by atoms with Gasteiger partial charge in [-0.1, -0.05) is 12.1 Å². The van der Waals surface area contributed by atoms with E-state index in [-0.39, 0.29) is 18.2 Å². The van der Waals surface area contributed by atoms with Crippen molar-refractivity contribution in [3.05, 3.63) is 47.3 Å². The molecule has 2 aromatic rings. The van der Waals surface area contributed by atoms with Crippen LogP contribution < -0.4 is 10.6 Å². The van der Waals surface area contributed by atoms with Crippen molar-refractivity contribution in [3.8, 4) is 0 Å². The molecule has 0 aliphatic carbocycles. The Hall–Kier alpha value is -2.76. The number of rotatable bonds is 4. The Balaban J connectivity index is 1.98. The van der Waals surface area contributed by atoms with Gasteiger partial charge in [-0.05, 0) is 37.6 Å². The molecule has 1 aromatic heterocycles. The lowest BCUT2D eigenvalue weighted by Gasteiger charge is -2.07. The second kappa shape index (κ2) is 6.80. The molecule has 0 aliphatic heterocycles. The number of amides is 2. The summed E-state index contributed by atoms with van der Waals surface area (Å²) in [6, 6.07) is 8.96. The predicted molar refractivity (Wildman–Crippen MR) is 84.6 cm³/mol. The van der Waals surface area contributed by atoms with Crippen LogP contribution in [0.25, 0.3) is 0 Å². The zero-order valence-electron chi connectivity index (χ0n) is 12.8. The fourth-order valence-electron chi connectivity index (χ4n) is 2.05. The summed E-state index contributed by atoms with van der Waals surface area (Å²) in [5.74, 6) is 0.00658. The minimum absolute atomic E-state index is 0.127. The number of hydrogen-bond donors (Lipinski definition) is 2. The molecule has 6 nitrogen and oxygen atoms in total. The Kier molecular flexibility index (Phi) is 4.83. The van der Waals surface area contributed by atoms with Gasteiger partial charge < -0.3 is 5.32 Å². The normalized spacial score (nSPS) is 10.1. The maximum atomic E-state index is 12.0. The molecule has 22 heavy (non-hydrogen) atoms. The van der Waals surface area contributed by atoms with Gasteiger partial charge in [-0.25, -0.2) is 9.97 Å². The molecule has 0 bridgehead atoms. The lowest BCUT2D eigenvalue weighted by atomic mass is 10.1. The Morgan fingerprint density at radius 2 is 1.59 bits per heavy atom. The van der Waals surface area contributed by atoms with Crippen LogP contribution in [0.15, 0.2) is 30.3 Å². The van der Waals surface area contributed by atoms with Gasteiger partial charge in [0.2, 0.25) is 17.8 Å². The third kappa shape index (κ3) is 4.66. The Labute approximate surface area is 129 Å². The third-order valence-electron chi connectivity index (χ3n) is 2.87. The number of hydrogen-bond acceptors (Lipinski definition) is 4. The largest absolute Gasteiger partial charge is 0.326 e. The predicted octanol–water partition coefficient (Wildman–Crippen LogP) is 2.23. The maximum absolute atomic E-state index is 12.0. The number of carbonyl (C=O) groups is 2. The molecular weight excluding hydrogens is 280 g/mol. The fraction of sp³-hybridized carbons (Fsp3) is 0.250. The molecule has 2 N–H and O–H groups in total. The van der Waals surface area contributed by atoms with E-state index >= 15 is 0 Å². The van der Waals surface area contributed by atoms with Crippen molar-refractivity contribution in [2.24, 2.45) is 0 Å². The average Bonchev–Trinajstić information content (AvgIpc) is 2.39. The Bertz CT molecular complexity index is 676. The van der Waals surface area contributed by atoms with Gasteiger partial charge in [0, 0.05) is 24.0 Å². The molecule has 114 valence electrons. The van der Waals surface area contributed by atoms with Crippen molar-refractivity contribution in [1.82, 2.24) is 9.97 Å². The van der Waals surface area contributed by atoms with Crippen LogP contribution in [0.1, 0.15) is 23.9 Å². The van der Waals surface area contributed by atoms with Crippen molar-refractivity contribution in [2.75, 3.05) is 10.6 Å². The molecule has 0 atom stereocenters. The third-order valence-corrected chi connectivity index (χ3v) is 2.87. The topological polar surface area (TPSA) is 84.0 Å². The van der Waals surface area contributed by atoms with E-state index in [1.807, 2.05) is 19.9 Å². The van der Waals surface area contributed by atoms with Gasteiger partial charge >= 0.3 is 0 Å². The van der Waals surface area contributed by atoms with Gasteiger partial charge in [-0.15, -0.1) is 0 Å². The van der Waals surface area contributed by atoms with Crippen LogP contribution in [0.2, 0.25) is 0 Å². The summed E-state index contributed by atoms with van der Waals surface area (Å²) in [5, 5.41) is 5.37. The number of aromatic nitrogens is 2. The highest BCUT2D eigenvalue weighted by atomic mass is 16.2. The molecule has 2 rings (SSSR count). The summed E-state index contributed by atoms with van der Waals surface area (Å²) in [6.45, 7) is 5.15. The van der Waals surface area contributed by atoms with Crippen LogP contribution in [-0.4, -0.2) is 21.8 Å². The molecule has 0 unspecified atom stereocenters. The molecule has 1 heterocycles. The SMILES string of the molecule is CC(=O)Nc1ccc(CC(=O)Nc2nc(C)cc(C)n2)cc1. The Morgan fingerprint density at radius 1 is 1.00 bits per heavy atom. The van der Waals surface area contributed by atoms with E-state index in [0.717, 1.165) is 17.0 Å². The highest BCUT2D eigenvalue weighted by Crippen LogP contribution is 2.11. The zero-order valence-corrected chi connectivity index (χ0v) is 12.8. The van der Waals surface area contributed by atoms with Crippen molar-refractivity contribution < 1.29 is 9.59 Å². The number of carbonyl (C=O) groups excluding carboxylic acids is 2. The van der Waals surface area contributed by atoms with E-state index in [4.69, 9.17) is 0 Å². The fourth-order valence-corrected chi connectivity index (χ4v) is 2.05. The smallest absolute Gasteiger partial charge is 0.231 e. The minimum atomic E-state index is -0.183. The van der Waals surface area contributed by atoms with E-state index in [1.54, 1.807) is 24.3 Å². The molecule has 6 heteroatoms. The van der Waals surface area contributed by atoms with Crippen molar-refractivity contribution in [1.29, 1.82) is 0 Å². The van der Waals surface area contributed by atoms with E-state index in [9.17, 15) is 9.59 Å². The van der Waals surface area contributed by atoms with E-state index in [2.05, 4.69) is 20.6 Å². The van der Waals surface area contributed by atoms with E-state index < -0.39 is 0 Å². The quantitative estimate of drug-likeness (QED) is 0.906. The summed E-state index contributed by atoms with van der Waals surface area (Å²) in [5.41, 5.74) is 3.16. The minimum Gasteiger partial charge on any atom is -0.326 e. The first-order valence-corrected chi connectivity index (χ1v) is 6.91. The van der Waals surface area contributed by atoms with Crippen LogP contribution in [0.3, 0.4) is 0 Å². The van der Waals surface area contributed by atoms with E-state index in [1.165, 1.54) is 6.92 Å². The maximum Gasteiger partial charge on any atom is 0.231 e. The van der Waals surface area contributed by atoms with Crippen molar-refractivity contribution >= 4 is 23.5 Å². The van der Waals surface area contributed by atoms with Crippen LogP contribution in [0.5, 0.6) is 0 Å². The molecule has 0 spiro atoms. The number of nitrogens with zero attached hydrogens (tertiary/aromatic N) is 2. The van der Waals surface area contributed by atoms with Crippen LogP contribution in [-0.2, 0) is 16.0 Å². The molecule has 0 aliphatic rings. The number of aryl methyl sites for hydroxylation is 2. The second-order valence-corrected chi connectivity index (χ2v) is 5.08. The lowest BCUT2D eigenvalue weighted by Crippen LogP contribution is -2.17. The summed E-state index contributed by atoms with van der Waals surface area (Å²) in [4.78, 5) is 31.3. The van der Waals surface area contributed by atoms with E-state index in [0.29, 0.717) is 11.6 Å². The molecule has 0 saturated carbocycles. The molecule has 1 aromatic carbocycles. The van der Waals surface area contributed by atoms with Crippen molar-refractivity contribution in [2.45, 2.75) is 27.2 Å². The summed E-state index contributed by atoms with van der Waals surface area (Å²) in [7, 11) is 0. The zero-order chi connectivity index (χ0) is 16.1. The van der Waals surface area contributed by atoms with Gasteiger partial charge in [-0.2, -0.15) is 0 Å². The molecule has 0 saturated heterocycles. The summed E-state index contributed by atoms with van der Waals surface area (Å²) in [6.07, 6.45) is 0.219. The van der Waals surface area contributed by atoms with Crippen LogP contribution in [0, 0.1) is 13.8 Å². The second-order valence-electron chi connectivity index (χ2n) is 5.08. The molecular formula is C16H18N4O2. The van der Waals surface area contributed by atoms with Gasteiger partial charge in [0.15, 0.2) is 0 Å². The highest BCUT2D eigenvalue weighted by molar-refractivity contribution is 5.91. The molecule has 0 radical (unpaired) electrons. The lowest BCUT2D eigenvalue weighted by molar-refractivity contribution is -0.116. The van der Waals surface area contributed by atoms with Gasteiger partial charge in [-0.3, -0.25) is 14.9 Å². The molecule has 2 amide bonds. The number of anilines is 2. The first-order chi connectivity index (χ1) is 10.4. The highest BCUT2D eigenvalue weighted by Gasteiger charge is 2.07. The Morgan fingerprint density at radius 3 is 2.14 bits per heavy atom. The standard InChI is InChI=1S/C16H18N4O2/c1-10-8-11(2)18-16(17-10)20-15(22)9-13-4-6-14(7-5-13)19-12(3)21/h4-8H,9H2,1-3H3,(H,19,21)(H,17,18,20,22). The summed E-state index contributed by atoms with van der Waals surface area (Å²) < 4.78 is 0. The molecule has 0 fully saturated rings. The van der Waals surface area contributed by atoms with Gasteiger partial charge in [0.1, 0.15) is 0 Å². The first-order valence-electron chi connectivity index (χ1n) is 6.91. The summed E-state index contributed by atoms with van der Waals surface area (Å²) >= 11 is 0. The van der Waals surface area contributed by atoms with Gasteiger partial charge in [0.25, 0.3) is 0 Å². The van der Waals surface area contributed by atoms with Crippen molar-refractivity contribution in [3.63, 3.8) is 0 Å².